The lowest BCUT2D eigenvalue weighted by Gasteiger charge is -2.08. The van der Waals surface area contributed by atoms with Crippen molar-refractivity contribution in [1.82, 2.24) is 20.2 Å². The summed E-state index contributed by atoms with van der Waals surface area (Å²) in [5, 5.41) is 11.6. The Morgan fingerprint density at radius 1 is 0.960 bits per heavy atom. The van der Waals surface area contributed by atoms with Gasteiger partial charge in [0.05, 0.1) is 12.5 Å². The van der Waals surface area contributed by atoms with Crippen molar-refractivity contribution >= 4 is 22.5 Å². The van der Waals surface area contributed by atoms with Crippen LogP contribution >= 0.6 is 0 Å². The van der Waals surface area contributed by atoms with Gasteiger partial charge >= 0.3 is 0 Å². The van der Waals surface area contributed by atoms with E-state index < -0.39 is 0 Å². The lowest BCUT2D eigenvalue weighted by molar-refractivity contribution is 0.415. The van der Waals surface area contributed by atoms with Crippen molar-refractivity contribution < 1.29 is 4.74 Å². The fraction of sp³-hybridized carbons (Fsp3) is 0.105. The van der Waals surface area contributed by atoms with Crippen LogP contribution in [0.1, 0.15) is 5.56 Å². The first-order chi connectivity index (χ1) is 12.2. The molecule has 0 radical (unpaired) electrons. The van der Waals surface area contributed by atoms with Gasteiger partial charge in [-0.3, -0.25) is 5.10 Å². The molecule has 6 heteroatoms. The number of rotatable bonds is 4. The van der Waals surface area contributed by atoms with E-state index in [1.807, 2.05) is 36.4 Å². The molecule has 2 aromatic carbocycles. The minimum absolute atomic E-state index is 0.690. The summed E-state index contributed by atoms with van der Waals surface area (Å²) in [5.74, 6) is 1.52. The molecule has 2 heterocycles. The van der Waals surface area contributed by atoms with Gasteiger partial charge in [0.2, 0.25) is 0 Å². The molecule has 0 amide bonds. The third-order valence-corrected chi connectivity index (χ3v) is 4.04. The van der Waals surface area contributed by atoms with Crippen LogP contribution in [0.4, 0.5) is 11.5 Å². The average Bonchev–Trinajstić information content (AvgIpc) is 3.09. The van der Waals surface area contributed by atoms with Crippen LogP contribution in [0.15, 0.2) is 54.9 Å². The number of H-pyrrole nitrogens is 1. The lowest BCUT2D eigenvalue weighted by atomic mass is 10.1. The highest BCUT2D eigenvalue weighted by molar-refractivity contribution is 5.99. The number of nitrogens with zero attached hydrogens (tertiary/aromatic N) is 3. The standard InChI is InChI=1S/C19H17N5O/c1-12-3-7-14(8-4-12)22-18-16-17(23-24-19(16)21-11-20-18)13-5-9-15(25-2)10-6-13/h3-11H,1-2H3,(H2,20,21,22,23,24). The second kappa shape index (κ2) is 6.24. The summed E-state index contributed by atoms with van der Waals surface area (Å²) in [7, 11) is 1.65. The molecule has 0 bridgehead atoms. The first-order valence-electron chi connectivity index (χ1n) is 7.92. The van der Waals surface area contributed by atoms with Crippen LogP contribution in [0.25, 0.3) is 22.3 Å². The summed E-state index contributed by atoms with van der Waals surface area (Å²) in [6.07, 6.45) is 1.52. The number of fused-ring (bicyclic) bond motifs is 1. The van der Waals surface area contributed by atoms with Crippen molar-refractivity contribution in [3.8, 4) is 17.0 Å². The van der Waals surface area contributed by atoms with Gasteiger partial charge in [0, 0.05) is 11.3 Å². The van der Waals surface area contributed by atoms with Gasteiger partial charge in [-0.1, -0.05) is 17.7 Å². The molecule has 6 nitrogen and oxygen atoms in total. The summed E-state index contributed by atoms with van der Waals surface area (Å²) in [6.45, 7) is 2.06. The summed E-state index contributed by atoms with van der Waals surface area (Å²) >= 11 is 0. The normalized spacial score (nSPS) is 10.8. The molecule has 0 saturated carbocycles. The lowest BCUT2D eigenvalue weighted by Crippen LogP contribution is -1.96. The Balaban J connectivity index is 1.79. The fourth-order valence-electron chi connectivity index (χ4n) is 2.69. The molecule has 0 unspecified atom stereocenters. The van der Waals surface area contributed by atoms with Crippen LogP contribution in [-0.4, -0.2) is 27.3 Å². The molecule has 0 atom stereocenters. The molecule has 0 saturated heterocycles. The maximum absolute atomic E-state index is 5.22. The van der Waals surface area contributed by atoms with Gasteiger partial charge in [-0.15, -0.1) is 0 Å². The number of hydrogen-bond acceptors (Lipinski definition) is 5. The third-order valence-electron chi connectivity index (χ3n) is 4.04. The van der Waals surface area contributed by atoms with Crippen LogP contribution in [0.3, 0.4) is 0 Å². The maximum atomic E-state index is 5.22. The maximum Gasteiger partial charge on any atom is 0.161 e. The van der Waals surface area contributed by atoms with Crippen molar-refractivity contribution in [3.63, 3.8) is 0 Å². The Morgan fingerprint density at radius 3 is 2.44 bits per heavy atom. The number of nitrogens with one attached hydrogen (secondary N) is 2. The number of aromatic amines is 1. The minimum Gasteiger partial charge on any atom is -0.497 e. The largest absolute Gasteiger partial charge is 0.497 e. The Bertz CT molecular complexity index is 1010. The molecule has 0 spiro atoms. The predicted molar refractivity (Wildman–Crippen MR) is 98.1 cm³/mol. The van der Waals surface area contributed by atoms with Crippen molar-refractivity contribution in [1.29, 1.82) is 0 Å². The zero-order chi connectivity index (χ0) is 17.2. The molecule has 4 rings (SSSR count). The van der Waals surface area contributed by atoms with Crippen LogP contribution in [-0.2, 0) is 0 Å². The monoisotopic (exact) mass is 331 g/mol. The van der Waals surface area contributed by atoms with Crippen molar-refractivity contribution in [2.24, 2.45) is 0 Å². The molecular formula is C19H17N5O. The molecular weight excluding hydrogens is 314 g/mol. The molecule has 0 aliphatic rings. The smallest absolute Gasteiger partial charge is 0.161 e. The molecule has 4 aromatic rings. The van der Waals surface area contributed by atoms with Crippen LogP contribution in [0, 0.1) is 6.92 Å². The van der Waals surface area contributed by atoms with Crippen molar-refractivity contribution in [3.05, 3.63) is 60.4 Å². The highest BCUT2D eigenvalue weighted by Crippen LogP contribution is 2.32. The summed E-state index contributed by atoms with van der Waals surface area (Å²) in [6, 6.07) is 15.9. The number of aromatic nitrogens is 4. The van der Waals surface area contributed by atoms with E-state index in [1.165, 1.54) is 11.9 Å². The summed E-state index contributed by atoms with van der Waals surface area (Å²) < 4.78 is 5.22. The van der Waals surface area contributed by atoms with Gasteiger partial charge in [-0.05, 0) is 43.3 Å². The van der Waals surface area contributed by atoms with E-state index in [9.17, 15) is 0 Å². The highest BCUT2D eigenvalue weighted by atomic mass is 16.5. The summed E-state index contributed by atoms with van der Waals surface area (Å²) in [5.41, 5.74) is 4.63. The van der Waals surface area contributed by atoms with Crippen LogP contribution in [0.5, 0.6) is 5.75 Å². The van der Waals surface area contributed by atoms with Gasteiger partial charge in [-0.25, -0.2) is 9.97 Å². The van der Waals surface area contributed by atoms with Gasteiger partial charge in [0.15, 0.2) is 5.65 Å². The number of benzene rings is 2. The first-order valence-corrected chi connectivity index (χ1v) is 7.92. The molecule has 124 valence electrons. The van der Waals surface area contributed by atoms with Gasteiger partial charge in [0.25, 0.3) is 0 Å². The fourth-order valence-corrected chi connectivity index (χ4v) is 2.69. The first kappa shape index (κ1) is 15.1. The average molecular weight is 331 g/mol. The Hall–Kier alpha value is -3.41. The third kappa shape index (κ3) is 2.89. The number of ether oxygens (including phenoxy) is 1. The van der Waals surface area contributed by atoms with E-state index in [2.05, 4.69) is 44.5 Å². The highest BCUT2D eigenvalue weighted by Gasteiger charge is 2.14. The second-order valence-electron chi connectivity index (χ2n) is 5.74. The van der Waals surface area contributed by atoms with E-state index in [0.717, 1.165) is 28.1 Å². The Kier molecular flexibility index (Phi) is 3.78. The van der Waals surface area contributed by atoms with Gasteiger partial charge in [-0.2, -0.15) is 5.10 Å². The van der Waals surface area contributed by atoms with Crippen LogP contribution in [0.2, 0.25) is 0 Å². The minimum atomic E-state index is 0.690. The van der Waals surface area contributed by atoms with E-state index in [4.69, 9.17) is 4.74 Å². The summed E-state index contributed by atoms with van der Waals surface area (Å²) in [4.78, 5) is 8.69. The Morgan fingerprint density at radius 2 is 1.72 bits per heavy atom. The van der Waals surface area contributed by atoms with Crippen molar-refractivity contribution in [2.45, 2.75) is 6.92 Å². The predicted octanol–water partition coefficient (Wildman–Crippen LogP) is 4.08. The van der Waals surface area contributed by atoms with Crippen LogP contribution < -0.4 is 10.1 Å². The van der Waals surface area contributed by atoms with Crippen molar-refractivity contribution in [2.75, 3.05) is 12.4 Å². The van der Waals surface area contributed by atoms with Gasteiger partial charge < -0.3 is 10.1 Å². The molecule has 0 aliphatic heterocycles. The molecule has 0 aliphatic carbocycles. The van der Waals surface area contributed by atoms with E-state index in [-0.39, 0.29) is 0 Å². The topological polar surface area (TPSA) is 75.7 Å². The van der Waals surface area contributed by atoms with E-state index in [1.54, 1.807) is 7.11 Å². The number of aryl methyl sites for hydroxylation is 1. The molecule has 25 heavy (non-hydrogen) atoms. The zero-order valence-corrected chi connectivity index (χ0v) is 13.9. The number of methoxy groups -OCH3 is 1. The molecule has 0 fully saturated rings. The molecule has 2 aromatic heterocycles. The van der Waals surface area contributed by atoms with Gasteiger partial charge in [0.1, 0.15) is 23.6 Å². The van der Waals surface area contributed by atoms with E-state index >= 15 is 0 Å². The zero-order valence-electron chi connectivity index (χ0n) is 13.9. The Labute approximate surface area is 144 Å². The quantitative estimate of drug-likeness (QED) is 0.589. The number of hydrogen-bond donors (Lipinski definition) is 2. The second-order valence-corrected chi connectivity index (χ2v) is 5.74. The molecule has 2 N–H and O–H groups in total. The number of anilines is 2. The SMILES string of the molecule is COc1ccc(-c2n[nH]c3ncnc(Nc4ccc(C)cc4)c23)cc1. The van der Waals surface area contributed by atoms with E-state index in [0.29, 0.717) is 11.5 Å².